The number of oxazole rings is 1. The third-order valence-electron chi connectivity index (χ3n) is 4.73. The molecule has 0 bridgehead atoms. The highest BCUT2D eigenvalue weighted by atomic mass is 35.5. The first-order valence-corrected chi connectivity index (χ1v) is 10.7. The number of urea groups is 1. The van der Waals surface area contributed by atoms with Crippen LogP contribution in [0.15, 0.2) is 51.8 Å². The maximum Gasteiger partial charge on any atom is 0.321 e. The molecule has 2 heterocycles. The molecule has 6 nitrogen and oxygen atoms in total. The minimum Gasteiger partial charge on any atom is -0.439 e. The Kier molecular flexibility index (Phi) is 5.75. The fourth-order valence-electron chi connectivity index (χ4n) is 3.22. The molecule has 1 aliphatic rings. The average molecular weight is 417 g/mol. The van der Waals surface area contributed by atoms with E-state index in [0.29, 0.717) is 36.1 Å². The molecule has 0 spiro atoms. The summed E-state index contributed by atoms with van der Waals surface area (Å²) >= 11 is 7.65. The number of aromatic nitrogens is 1. The summed E-state index contributed by atoms with van der Waals surface area (Å²) in [5.74, 6) is 0.670. The lowest BCUT2D eigenvalue weighted by Crippen LogP contribution is -2.49. The van der Waals surface area contributed by atoms with Gasteiger partial charge in [-0.05, 0) is 36.6 Å². The zero-order valence-corrected chi connectivity index (χ0v) is 17.1. The third-order valence-corrected chi connectivity index (χ3v) is 5.69. The Labute approximate surface area is 172 Å². The minimum absolute atomic E-state index is 0.0607. The van der Waals surface area contributed by atoms with Gasteiger partial charge in [-0.3, -0.25) is 4.90 Å². The molecule has 1 saturated heterocycles. The topological polar surface area (TPSA) is 61.6 Å². The average Bonchev–Trinajstić information content (AvgIpc) is 3.10. The molecule has 2 amide bonds. The quantitative estimate of drug-likeness (QED) is 0.632. The number of halogens is 1. The number of anilines is 1. The Balaban J connectivity index is 1.31. The van der Waals surface area contributed by atoms with Gasteiger partial charge in [0.25, 0.3) is 0 Å². The number of piperazine rings is 1. The van der Waals surface area contributed by atoms with Crippen LogP contribution in [0.25, 0.3) is 11.1 Å². The van der Waals surface area contributed by atoms with E-state index in [1.165, 1.54) is 0 Å². The van der Waals surface area contributed by atoms with E-state index in [2.05, 4.69) is 15.2 Å². The number of nitrogens with one attached hydrogen (secondary N) is 1. The summed E-state index contributed by atoms with van der Waals surface area (Å²) in [6.45, 7) is 3.51. The SMILES string of the molecule is CSc1cccc(NC(=O)N2CCN(Cc3nc4ccc(Cl)cc4o3)CC2)c1. The smallest absolute Gasteiger partial charge is 0.321 e. The van der Waals surface area contributed by atoms with Crippen molar-refractivity contribution in [3.05, 3.63) is 53.4 Å². The number of carbonyl (C=O) groups excluding carboxylic acids is 1. The highest BCUT2D eigenvalue weighted by Gasteiger charge is 2.22. The first-order valence-electron chi connectivity index (χ1n) is 9.08. The van der Waals surface area contributed by atoms with Crippen LogP contribution in [-0.2, 0) is 6.54 Å². The summed E-state index contributed by atoms with van der Waals surface area (Å²) in [4.78, 5) is 22.2. The summed E-state index contributed by atoms with van der Waals surface area (Å²) in [5, 5.41) is 3.62. The largest absolute Gasteiger partial charge is 0.439 e. The van der Waals surface area contributed by atoms with E-state index in [9.17, 15) is 4.79 Å². The first-order chi connectivity index (χ1) is 13.6. The van der Waals surface area contributed by atoms with Gasteiger partial charge in [-0.15, -0.1) is 11.8 Å². The molecule has 1 aliphatic heterocycles. The van der Waals surface area contributed by atoms with Gasteiger partial charge in [0.05, 0.1) is 6.54 Å². The van der Waals surface area contributed by atoms with E-state index in [-0.39, 0.29) is 6.03 Å². The zero-order chi connectivity index (χ0) is 19.5. The van der Waals surface area contributed by atoms with Crippen molar-refractivity contribution in [3.63, 3.8) is 0 Å². The number of nitrogens with zero attached hydrogens (tertiary/aromatic N) is 3. The molecule has 3 aromatic rings. The van der Waals surface area contributed by atoms with E-state index in [0.717, 1.165) is 29.2 Å². The summed E-state index contributed by atoms with van der Waals surface area (Å²) in [5.41, 5.74) is 2.34. The summed E-state index contributed by atoms with van der Waals surface area (Å²) in [7, 11) is 0. The second-order valence-electron chi connectivity index (χ2n) is 6.64. The van der Waals surface area contributed by atoms with Crippen LogP contribution < -0.4 is 5.32 Å². The van der Waals surface area contributed by atoms with Crippen LogP contribution in [0.5, 0.6) is 0 Å². The van der Waals surface area contributed by atoms with E-state index in [1.54, 1.807) is 17.8 Å². The summed E-state index contributed by atoms with van der Waals surface area (Å²) in [6, 6.07) is 13.3. The molecule has 0 aliphatic carbocycles. The molecule has 146 valence electrons. The molecule has 0 radical (unpaired) electrons. The van der Waals surface area contributed by atoms with Crippen molar-refractivity contribution in [2.45, 2.75) is 11.4 Å². The van der Waals surface area contributed by atoms with Gasteiger partial charge in [0, 0.05) is 47.9 Å². The molecule has 0 saturated carbocycles. The lowest BCUT2D eigenvalue weighted by atomic mass is 10.3. The minimum atomic E-state index is -0.0607. The maximum absolute atomic E-state index is 12.5. The van der Waals surface area contributed by atoms with E-state index >= 15 is 0 Å². The fraction of sp³-hybridized carbons (Fsp3) is 0.300. The monoisotopic (exact) mass is 416 g/mol. The van der Waals surface area contributed by atoms with Gasteiger partial charge in [0.1, 0.15) is 5.52 Å². The third kappa shape index (κ3) is 4.43. The van der Waals surface area contributed by atoms with Crippen molar-refractivity contribution in [2.24, 2.45) is 0 Å². The van der Waals surface area contributed by atoms with E-state index in [1.807, 2.05) is 47.6 Å². The number of hydrogen-bond donors (Lipinski definition) is 1. The molecule has 8 heteroatoms. The van der Waals surface area contributed by atoms with Crippen LogP contribution in [0.1, 0.15) is 5.89 Å². The summed E-state index contributed by atoms with van der Waals surface area (Å²) in [6.07, 6.45) is 2.02. The number of hydrogen-bond acceptors (Lipinski definition) is 5. The van der Waals surface area contributed by atoms with Gasteiger partial charge in [-0.25, -0.2) is 9.78 Å². The van der Waals surface area contributed by atoms with Gasteiger partial charge in [-0.1, -0.05) is 17.7 Å². The van der Waals surface area contributed by atoms with Crippen molar-refractivity contribution in [2.75, 3.05) is 37.8 Å². The molecule has 0 atom stereocenters. The van der Waals surface area contributed by atoms with Crippen molar-refractivity contribution in [3.8, 4) is 0 Å². The Morgan fingerprint density at radius 2 is 2.04 bits per heavy atom. The van der Waals surface area contributed by atoms with Crippen molar-refractivity contribution < 1.29 is 9.21 Å². The number of carbonyl (C=O) groups is 1. The molecule has 1 fully saturated rings. The highest BCUT2D eigenvalue weighted by Crippen LogP contribution is 2.22. The van der Waals surface area contributed by atoms with E-state index in [4.69, 9.17) is 16.0 Å². The van der Waals surface area contributed by atoms with Gasteiger partial charge < -0.3 is 14.6 Å². The normalized spacial score (nSPS) is 15.1. The van der Waals surface area contributed by atoms with E-state index < -0.39 is 0 Å². The molecule has 4 rings (SSSR count). The van der Waals surface area contributed by atoms with Crippen LogP contribution in [0.3, 0.4) is 0 Å². The van der Waals surface area contributed by atoms with Gasteiger partial charge in [0.15, 0.2) is 5.58 Å². The second-order valence-corrected chi connectivity index (χ2v) is 7.96. The Hall–Kier alpha value is -2.22. The first kappa shape index (κ1) is 19.1. The lowest BCUT2D eigenvalue weighted by Gasteiger charge is -2.34. The predicted molar refractivity (Wildman–Crippen MR) is 113 cm³/mol. The number of benzene rings is 2. The standard InChI is InChI=1S/C20H21ClN4O2S/c1-28-16-4-2-3-15(12-16)22-20(26)25-9-7-24(8-10-25)13-19-23-17-6-5-14(21)11-18(17)27-19/h2-6,11-12H,7-10,13H2,1H3,(H,22,26). The maximum atomic E-state index is 12.5. The van der Waals surface area contributed by atoms with Crippen molar-refractivity contribution in [1.82, 2.24) is 14.8 Å². The van der Waals surface area contributed by atoms with Crippen LogP contribution in [0.2, 0.25) is 5.02 Å². The molecular weight excluding hydrogens is 396 g/mol. The number of thioether (sulfide) groups is 1. The molecule has 1 aromatic heterocycles. The second kappa shape index (κ2) is 8.43. The number of rotatable bonds is 4. The Morgan fingerprint density at radius 3 is 2.82 bits per heavy atom. The Bertz CT molecular complexity index is 985. The molecule has 1 N–H and O–H groups in total. The number of fused-ring (bicyclic) bond motifs is 1. The van der Waals surface area contributed by atoms with Gasteiger partial charge in [0.2, 0.25) is 5.89 Å². The zero-order valence-electron chi connectivity index (χ0n) is 15.5. The van der Waals surface area contributed by atoms with Crippen LogP contribution in [0, 0.1) is 0 Å². The van der Waals surface area contributed by atoms with Crippen LogP contribution in [-0.4, -0.2) is 53.2 Å². The predicted octanol–water partition coefficient (Wildman–Crippen LogP) is 4.55. The van der Waals surface area contributed by atoms with Crippen molar-refractivity contribution in [1.29, 1.82) is 0 Å². The van der Waals surface area contributed by atoms with Crippen LogP contribution in [0.4, 0.5) is 10.5 Å². The number of amides is 2. The van der Waals surface area contributed by atoms with Crippen LogP contribution >= 0.6 is 23.4 Å². The van der Waals surface area contributed by atoms with Crippen molar-refractivity contribution >= 4 is 46.2 Å². The lowest BCUT2D eigenvalue weighted by molar-refractivity contribution is 0.136. The molecule has 0 unspecified atom stereocenters. The molecule has 2 aromatic carbocycles. The molecule has 28 heavy (non-hydrogen) atoms. The molecular formula is C20H21ClN4O2S. The van der Waals surface area contributed by atoms with Gasteiger partial charge >= 0.3 is 6.03 Å². The van der Waals surface area contributed by atoms with Gasteiger partial charge in [-0.2, -0.15) is 0 Å². The summed E-state index contributed by atoms with van der Waals surface area (Å²) < 4.78 is 5.79. The highest BCUT2D eigenvalue weighted by molar-refractivity contribution is 7.98. The fourth-order valence-corrected chi connectivity index (χ4v) is 3.84. The Morgan fingerprint density at radius 1 is 1.21 bits per heavy atom.